The van der Waals surface area contributed by atoms with E-state index in [1.165, 1.54) is 18.6 Å². The predicted octanol–water partition coefficient (Wildman–Crippen LogP) is 1.30. The van der Waals surface area contributed by atoms with Crippen molar-refractivity contribution in [2.45, 2.75) is 4.90 Å². The van der Waals surface area contributed by atoms with Gasteiger partial charge in [-0.3, -0.25) is 14.7 Å². The van der Waals surface area contributed by atoms with Crippen LogP contribution in [0.4, 0.5) is 5.69 Å². The van der Waals surface area contributed by atoms with E-state index < -0.39 is 19.9 Å². The first-order valence-corrected chi connectivity index (χ1v) is 6.36. The zero-order valence-corrected chi connectivity index (χ0v) is 10.1. The summed E-state index contributed by atoms with van der Waals surface area (Å²) < 4.78 is 31.6. The second-order valence-electron chi connectivity index (χ2n) is 3.51. The van der Waals surface area contributed by atoms with E-state index in [1.807, 2.05) is 0 Å². The van der Waals surface area contributed by atoms with Crippen molar-refractivity contribution in [3.63, 3.8) is 0 Å². The Kier molecular flexibility index (Phi) is 3.23. The van der Waals surface area contributed by atoms with Gasteiger partial charge in [-0.15, -0.1) is 0 Å². The second-order valence-corrected chi connectivity index (χ2v) is 4.90. The molecule has 0 atom stereocenters. The third-order valence-corrected chi connectivity index (χ3v) is 3.22. The van der Waals surface area contributed by atoms with E-state index in [4.69, 9.17) is 4.55 Å². The zero-order valence-electron chi connectivity index (χ0n) is 9.29. The largest absolute Gasteiger partial charge is 0.295 e. The molecule has 0 saturated heterocycles. The maximum absolute atomic E-state index is 11.3. The fraction of sp³-hybridized carbons (Fsp3) is 0. The highest BCUT2D eigenvalue weighted by molar-refractivity contribution is 7.86. The highest BCUT2D eigenvalue weighted by Gasteiger charge is 2.20. The Bertz CT molecular complexity index is 730. The van der Waals surface area contributed by atoms with E-state index in [9.17, 15) is 18.5 Å². The summed E-state index contributed by atoms with van der Waals surface area (Å²) in [5, 5.41) is 10.7. The number of nitro groups is 1. The first-order chi connectivity index (χ1) is 8.89. The molecule has 0 unspecified atom stereocenters. The Hall–Kier alpha value is -2.39. The number of benzene rings is 1. The summed E-state index contributed by atoms with van der Waals surface area (Å²) >= 11 is 0. The fourth-order valence-electron chi connectivity index (χ4n) is 1.51. The molecule has 0 amide bonds. The predicted molar refractivity (Wildman–Crippen MR) is 63.9 cm³/mol. The topological polar surface area (TPSA) is 123 Å². The van der Waals surface area contributed by atoms with Crippen molar-refractivity contribution in [3.8, 4) is 11.3 Å². The van der Waals surface area contributed by atoms with Crippen LogP contribution >= 0.6 is 0 Å². The molecule has 1 aromatic carbocycles. The number of aromatic nitrogens is 2. The highest BCUT2D eigenvalue weighted by atomic mass is 32.2. The van der Waals surface area contributed by atoms with Gasteiger partial charge in [0.05, 0.1) is 10.6 Å². The molecule has 98 valence electrons. The van der Waals surface area contributed by atoms with Crippen LogP contribution in [0.25, 0.3) is 11.3 Å². The summed E-state index contributed by atoms with van der Waals surface area (Å²) in [7, 11) is -4.51. The Morgan fingerprint density at radius 1 is 1.26 bits per heavy atom. The number of nitrogens with zero attached hydrogens (tertiary/aromatic N) is 3. The summed E-state index contributed by atoms with van der Waals surface area (Å²) in [6, 6.07) is 4.37. The number of hydrogen-bond acceptors (Lipinski definition) is 6. The van der Waals surface area contributed by atoms with Gasteiger partial charge in [-0.2, -0.15) is 8.42 Å². The number of nitro benzene ring substituents is 1. The second kappa shape index (κ2) is 4.71. The lowest BCUT2D eigenvalue weighted by Crippen LogP contribution is -2.02. The van der Waals surface area contributed by atoms with E-state index in [1.54, 1.807) is 0 Å². The Labute approximate surface area is 107 Å². The fourth-order valence-corrected chi connectivity index (χ4v) is 2.19. The monoisotopic (exact) mass is 281 g/mol. The smallest absolute Gasteiger partial charge is 0.282 e. The van der Waals surface area contributed by atoms with Crippen molar-refractivity contribution in [2.75, 3.05) is 0 Å². The molecule has 0 bridgehead atoms. The van der Waals surface area contributed by atoms with E-state index in [0.717, 1.165) is 18.2 Å². The highest BCUT2D eigenvalue weighted by Crippen LogP contribution is 2.29. The summed E-state index contributed by atoms with van der Waals surface area (Å²) in [5.41, 5.74) is -0.202. The molecule has 8 nitrogen and oxygen atoms in total. The van der Waals surface area contributed by atoms with Crippen LogP contribution in [0.1, 0.15) is 0 Å². The molecule has 0 radical (unpaired) electrons. The van der Waals surface area contributed by atoms with Crippen molar-refractivity contribution in [1.29, 1.82) is 0 Å². The third kappa shape index (κ3) is 2.72. The standard InChI is InChI=1S/C10H7N3O5S/c14-13(15)7-1-2-10(19(16,17)18)8(5-7)9-3-4-11-6-12-9/h1-6H,(H,16,17,18). The Morgan fingerprint density at radius 3 is 2.53 bits per heavy atom. The van der Waals surface area contributed by atoms with Gasteiger partial charge in [-0.25, -0.2) is 9.97 Å². The molecular weight excluding hydrogens is 274 g/mol. The normalized spacial score (nSPS) is 11.2. The average Bonchev–Trinajstić information content (AvgIpc) is 2.38. The lowest BCUT2D eigenvalue weighted by atomic mass is 10.1. The van der Waals surface area contributed by atoms with E-state index in [2.05, 4.69) is 9.97 Å². The molecule has 0 spiro atoms. The third-order valence-electron chi connectivity index (χ3n) is 2.31. The minimum absolute atomic E-state index is 0.0564. The maximum Gasteiger partial charge on any atom is 0.295 e. The molecule has 0 aliphatic carbocycles. The summed E-state index contributed by atoms with van der Waals surface area (Å²) in [5.74, 6) is 0. The molecule has 1 heterocycles. The summed E-state index contributed by atoms with van der Waals surface area (Å²) in [6.07, 6.45) is 2.52. The molecule has 0 fully saturated rings. The number of non-ortho nitro benzene ring substituents is 1. The van der Waals surface area contributed by atoms with Gasteiger partial charge in [0.15, 0.2) is 0 Å². The van der Waals surface area contributed by atoms with Crippen molar-refractivity contribution >= 4 is 15.8 Å². The molecule has 0 saturated carbocycles. The SMILES string of the molecule is O=[N+]([O-])c1ccc(S(=O)(=O)O)c(-c2ccncn2)c1. The molecular formula is C10H7N3O5S. The van der Waals surface area contributed by atoms with E-state index in [-0.39, 0.29) is 16.9 Å². The van der Waals surface area contributed by atoms with Gasteiger partial charge < -0.3 is 0 Å². The minimum Gasteiger partial charge on any atom is -0.282 e. The van der Waals surface area contributed by atoms with Crippen LogP contribution in [-0.4, -0.2) is 27.9 Å². The van der Waals surface area contributed by atoms with Crippen molar-refractivity contribution in [1.82, 2.24) is 9.97 Å². The molecule has 1 aromatic heterocycles. The first kappa shape index (κ1) is 13.1. The van der Waals surface area contributed by atoms with Gasteiger partial charge in [0.25, 0.3) is 15.8 Å². The summed E-state index contributed by atoms with van der Waals surface area (Å²) in [6.45, 7) is 0. The summed E-state index contributed by atoms with van der Waals surface area (Å²) in [4.78, 5) is 17.1. The number of hydrogen-bond donors (Lipinski definition) is 1. The Morgan fingerprint density at radius 2 is 2.00 bits per heavy atom. The van der Waals surface area contributed by atoms with Crippen molar-refractivity contribution in [3.05, 3.63) is 46.9 Å². The molecule has 19 heavy (non-hydrogen) atoms. The van der Waals surface area contributed by atoms with Gasteiger partial charge >= 0.3 is 0 Å². The van der Waals surface area contributed by atoms with E-state index in [0.29, 0.717) is 0 Å². The van der Waals surface area contributed by atoms with Crippen LogP contribution in [0.3, 0.4) is 0 Å². The van der Waals surface area contributed by atoms with Gasteiger partial charge in [0, 0.05) is 23.9 Å². The van der Waals surface area contributed by atoms with Crippen molar-refractivity contribution in [2.24, 2.45) is 0 Å². The van der Waals surface area contributed by atoms with Crippen LogP contribution in [0.5, 0.6) is 0 Å². The van der Waals surface area contributed by atoms with Crippen LogP contribution < -0.4 is 0 Å². The minimum atomic E-state index is -4.51. The van der Waals surface area contributed by atoms with Crippen LogP contribution in [-0.2, 0) is 10.1 Å². The van der Waals surface area contributed by atoms with Gasteiger partial charge in [0.2, 0.25) is 0 Å². The van der Waals surface area contributed by atoms with Gasteiger partial charge in [0.1, 0.15) is 11.2 Å². The average molecular weight is 281 g/mol. The van der Waals surface area contributed by atoms with Gasteiger partial charge in [-0.05, 0) is 12.1 Å². The maximum atomic E-state index is 11.3. The zero-order chi connectivity index (χ0) is 14.0. The quantitative estimate of drug-likeness (QED) is 0.510. The lowest BCUT2D eigenvalue weighted by molar-refractivity contribution is -0.384. The Balaban J connectivity index is 2.74. The molecule has 1 N–H and O–H groups in total. The molecule has 0 aliphatic rings. The van der Waals surface area contributed by atoms with Crippen LogP contribution in [0.15, 0.2) is 41.7 Å². The first-order valence-electron chi connectivity index (χ1n) is 4.92. The molecule has 0 aliphatic heterocycles. The number of rotatable bonds is 3. The lowest BCUT2D eigenvalue weighted by Gasteiger charge is -2.05. The molecule has 2 rings (SSSR count). The van der Waals surface area contributed by atoms with Crippen LogP contribution in [0, 0.1) is 10.1 Å². The van der Waals surface area contributed by atoms with E-state index >= 15 is 0 Å². The molecule has 9 heteroatoms. The van der Waals surface area contributed by atoms with Crippen LogP contribution in [0.2, 0.25) is 0 Å². The van der Waals surface area contributed by atoms with Crippen molar-refractivity contribution < 1.29 is 17.9 Å². The molecule has 2 aromatic rings. The van der Waals surface area contributed by atoms with Gasteiger partial charge in [-0.1, -0.05) is 0 Å².